The van der Waals surface area contributed by atoms with E-state index in [1.165, 1.54) is 9.36 Å². The lowest BCUT2D eigenvalue weighted by atomic mass is 10.1. The van der Waals surface area contributed by atoms with Crippen LogP contribution in [0.25, 0.3) is 11.4 Å². The number of benzene rings is 2. The fourth-order valence-corrected chi connectivity index (χ4v) is 3.30. The summed E-state index contributed by atoms with van der Waals surface area (Å²) in [4.78, 5) is 12.3. The molecule has 154 valence electrons. The largest absolute Gasteiger partial charge is 0.489 e. The van der Waals surface area contributed by atoms with E-state index in [0.717, 1.165) is 39.4 Å². The molecule has 0 saturated carbocycles. The summed E-state index contributed by atoms with van der Waals surface area (Å²) in [5.74, 6) is 0.778. The summed E-state index contributed by atoms with van der Waals surface area (Å²) in [6, 6.07) is 11.7. The molecule has 0 radical (unpaired) electrons. The average molecular weight is 404 g/mol. The maximum Gasteiger partial charge on any atom is 0.368 e. The Balaban J connectivity index is 1.61. The van der Waals surface area contributed by atoms with Crippen molar-refractivity contribution in [3.8, 4) is 17.1 Å². The molecule has 0 N–H and O–H groups in total. The Bertz CT molecular complexity index is 1260. The third-order valence-corrected chi connectivity index (χ3v) is 5.27. The molecule has 4 rings (SSSR count). The van der Waals surface area contributed by atoms with Crippen molar-refractivity contribution in [3.63, 3.8) is 0 Å². The second kappa shape index (κ2) is 7.62. The van der Waals surface area contributed by atoms with Crippen molar-refractivity contribution >= 4 is 0 Å². The maximum absolute atomic E-state index is 12.3. The molecular formula is C22H24N6O2. The average Bonchev–Trinajstić information content (AvgIpc) is 3.23. The van der Waals surface area contributed by atoms with Crippen LogP contribution >= 0.6 is 0 Å². The van der Waals surface area contributed by atoms with Gasteiger partial charge in [-0.2, -0.15) is 14.5 Å². The summed E-state index contributed by atoms with van der Waals surface area (Å²) in [5.41, 5.74) is 6.43. The first kappa shape index (κ1) is 19.6. The summed E-state index contributed by atoms with van der Waals surface area (Å²) in [6.45, 7) is 8.35. The van der Waals surface area contributed by atoms with E-state index in [0.29, 0.717) is 12.3 Å². The molecule has 2 aromatic carbocycles. The predicted molar refractivity (Wildman–Crippen MR) is 113 cm³/mol. The Hall–Kier alpha value is -3.68. The van der Waals surface area contributed by atoms with Crippen molar-refractivity contribution in [2.24, 2.45) is 7.05 Å². The van der Waals surface area contributed by atoms with E-state index in [1.807, 2.05) is 75.0 Å². The Morgan fingerprint density at radius 3 is 2.40 bits per heavy atom. The molecule has 0 amide bonds. The standard InChI is InChI=1S/C22H24N6O2/c1-14-7-6-8-20(28-22(29)26(5)24-25-28)19(14)13-30-21-10-9-18(11-15(21)2)27-12-16(3)17(4)23-27/h6-12H,13H2,1-5H3. The summed E-state index contributed by atoms with van der Waals surface area (Å²) in [5, 5.41) is 12.3. The van der Waals surface area contributed by atoms with Crippen LogP contribution in [0.15, 0.2) is 47.4 Å². The summed E-state index contributed by atoms with van der Waals surface area (Å²) < 4.78 is 10.5. The normalized spacial score (nSPS) is 11.1. The molecule has 4 aromatic rings. The van der Waals surface area contributed by atoms with Gasteiger partial charge in [0, 0.05) is 18.8 Å². The predicted octanol–water partition coefficient (Wildman–Crippen LogP) is 2.96. The highest BCUT2D eigenvalue weighted by Crippen LogP contribution is 2.25. The monoisotopic (exact) mass is 404 g/mol. The van der Waals surface area contributed by atoms with E-state index >= 15 is 0 Å². The van der Waals surface area contributed by atoms with Crippen LogP contribution in [0.5, 0.6) is 5.75 Å². The first-order chi connectivity index (χ1) is 14.3. The highest BCUT2D eigenvalue weighted by molar-refractivity contribution is 5.46. The zero-order valence-corrected chi connectivity index (χ0v) is 17.7. The molecule has 2 heterocycles. The van der Waals surface area contributed by atoms with Gasteiger partial charge in [0.25, 0.3) is 0 Å². The Labute approximate surface area is 174 Å². The number of nitrogens with zero attached hydrogens (tertiary/aromatic N) is 6. The topological polar surface area (TPSA) is 79.8 Å². The molecule has 0 unspecified atom stereocenters. The van der Waals surface area contributed by atoms with Crippen molar-refractivity contribution in [3.05, 3.63) is 81.0 Å². The van der Waals surface area contributed by atoms with E-state index in [2.05, 4.69) is 15.5 Å². The van der Waals surface area contributed by atoms with Crippen LogP contribution in [0.2, 0.25) is 0 Å². The second-order valence-electron chi connectivity index (χ2n) is 7.45. The molecule has 30 heavy (non-hydrogen) atoms. The summed E-state index contributed by atoms with van der Waals surface area (Å²) >= 11 is 0. The second-order valence-corrected chi connectivity index (χ2v) is 7.45. The Kier molecular flexibility index (Phi) is 4.99. The van der Waals surface area contributed by atoms with Crippen molar-refractivity contribution < 1.29 is 4.74 Å². The Morgan fingerprint density at radius 2 is 1.77 bits per heavy atom. The molecule has 0 bridgehead atoms. The lowest BCUT2D eigenvalue weighted by Gasteiger charge is -2.15. The molecule has 0 atom stereocenters. The van der Waals surface area contributed by atoms with Gasteiger partial charge in [-0.25, -0.2) is 9.48 Å². The highest BCUT2D eigenvalue weighted by Gasteiger charge is 2.14. The molecule has 8 heteroatoms. The maximum atomic E-state index is 12.3. The minimum atomic E-state index is -0.299. The molecule has 0 aliphatic heterocycles. The molecular weight excluding hydrogens is 380 g/mol. The van der Waals surface area contributed by atoms with Crippen molar-refractivity contribution in [1.82, 2.24) is 29.6 Å². The zero-order valence-electron chi connectivity index (χ0n) is 17.7. The molecule has 2 aromatic heterocycles. The van der Waals surface area contributed by atoms with Crippen molar-refractivity contribution in [2.75, 3.05) is 0 Å². The van der Waals surface area contributed by atoms with E-state index in [-0.39, 0.29) is 5.69 Å². The fourth-order valence-electron chi connectivity index (χ4n) is 3.30. The first-order valence-corrected chi connectivity index (χ1v) is 9.69. The number of hydrogen-bond acceptors (Lipinski definition) is 5. The van der Waals surface area contributed by atoms with Crippen LogP contribution in [0.1, 0.15) is 27.9 Å². The fraction of sp³-hybridized carbons (Fsp3) is 0.273. The SMILES string of the molecule is Cc1cc(-n2cc(C)c(C)n2)ccc1OCc1c(C)cccc1-n1nnn(C)c1=O. The molecule has 0 spiro atoms. The summed E-state index contributed by atoms with van der Waals surface area (Å²) in [7, 11) is 1.57. The first-order valence-electron chi connectivity index (χ1n) is 9.69. The number of ether oxygens (including phenoxy) is 1. The third kappa shape index (κ3) is 3.52. The van der Waals surface area contributed by atoms with Gasteiger partial charge in [-0.05, 0) is 79.1 Å². The van der Waals surface area contributed by atoms with Crippen LogP contribution in [0.3, 0.4) is 0 Å². The van der Waals surface area contributed by atoms with Crippen LogP contribution in [-0.2, 0) is 13.7 Å². The van der Waals surface area contributed by atoms with Crippen LogP contribution in [-0.4, -0.2) is 29.6 Å². The van der Waals surface area contributed by atoms with Crippen molar-refractivity contribution in [2.45, 2.75) is 34.3 Å². The van der Waals surface area contributed by atoms with Crippen LogP contribution in [0, 0.1) is 27.7 Å². The van der Waals surface area contributed by atoms with Crippen molar-refractivity contribution in [1.29, 1.82) is 0 Å². The van der Waals surface area contributed by atoms with Gasteiger partial charge in [0.2, 0.25) is 0 Å². The van der Waals surface area contributed by atoms with E-state index in [4.69, 9.17) is 4.74 Å². The highest BCUT2D eigenvalue weighted by atomic mass is 16.5. The van der Waals surface area contributed by atoms with Gasteiger partial charge < -0.3 is 4.74 Å². The minimum Gasteiger partial charge on any atom is -0.489 e. The lowest BCUT2D eigenvalue weighted by molar-refractivity contribution is 0.302. The van der Waals surface area contributed by atoms with Gasteiger partial charge in [-0.15, -0.1) is 0 Å². The molecule has 0 aliphatic carbocycles. The number of tetrazole rings is 1. The van der Waals surface area contributed by atoms with Gasteiger partial charge in [0.15, 0.2) is 0 Å². The molecule has 0 fully saturated rings. The summed E-state index contributed by atoms with van der Waals surface area (Å²) in [6.07, 6.45) is 2.02. The quantitative estimate of drug-likeness (QED) is 0.511. The zero-order chi connectivity index (χ0) is 21.4. The number of rotatable bonds is 5. The number of hydrogen-bond donors (Lipinski definition) is 0. The molecule has 0 saturated heterocycles. The third-order valence-electron chi connectivity index (χ3n) is 5.27. The lowest BCUT2D eigenvalue weighted by Crippen LogP contribution is -2.23. The van der Waals surface area contributed by atoms with E-state index in [1.54, 1.807) is 7.05 Å². The Morgan fingerprint density at radius 1 is 0.967 bits per heavy atom. The van der Waals surface area contributed by atoms with Gasteiger partial charge >= 0.3 is 5.69 Å². The van der Waals surface area contributed by atoms with E-state index < -0.39 is 0 Å². The van der Waals surface area contributed by atoms with Gasteiger partial charge in [0.05, 0.1) is 17.1 Å². The van der Waals surface area contributed by atoms with Gasteiger partial charge in [0.1, 0.15) is 12.4 Å². The minimum absolute atomic E-state index is 0.299. The number of aromatic nitrogens is 6. The molecule has 0 aliphatic rings. The number of aryl methyl sites for hydroxylation is 5. The van der Waals surface area contributed by atoms with Crippen LogP contribution in [0.4, 0.5) is 0 Å². The smallest absolute Gasteiger partial charge is 0.368 e. The van der Waals surface area contributed by atoms with Crippen LogP contribution < -0.4 is 10.4 Å². The van der Waals surface area contributed by atoms with E-state index in [9.17, 15) is 4.79 Å². The van der Waals surface area contributed by atoms with Gasteiger partial charge in [-0.3, -0.25) is 0 Å². The van der Waals surface area contributed by atoms with Gasteiger partial charge in [-0.1, -0.05) is 12.1 Å². The molecule has 8 nitrogen and oxygen atoms in total.